The van der Waals surface area contributed by atoms with E-state index in [2.05, 4.69) is 0 Å². The molecule has 0 aliphatic heterocycles. The molecule has 0 saturated heterocycles. The summed E-state index contributed by atoms with van der Waals surface area (Å²) in [6.07, 6.45) is -2.20. The van der Waals surface area contributed by atoms with Crippen molar-refractivity contribution in [3.05, 3.63) is 29.3 Å². The van der Waals surface area contributed by atoms with E-state index in [9.17, 15) is 20.1 Å². The monoisotopic (exact) mass is 241 g/mol. The first kappa shape index (κ1) is 13.4. The van der Waals surface area contributed by atoms with Gasteiger partial charge in [0.05, 0.1) is 11.7 Å². The molecule has 0 amide bonds. The molecular weight excluding hydrogens is 226 g/mol. The molecular formula is C11H15NO5. The number of rotatable bonds is 5. The van der Waals surface area contributed by atoms with Crippen LogP contribution >= 0.6 is 0 Å². The van der Waals surface area contributed by atoms with Gasteiger partial charge in [-0.2, -0.15) is 0 Å². The summed E-state index contributed by atoms with van der Waals surface area (Å²) in [6, 6.07) is 3.54. The molecule has 0 heterocycles. The topological polar surface area (TPSA) is 124 Å². The first-order valence-electron chi connectivity index (χ1n) is 5.09. The molecule has 6 nitrogen and oxygen atoms in total. The highest BCUT2D eigenvalue weighted by Crippen LogP contribution is 2.28. The highest BCUT2D eigenvalue weighted by molar-refractivity contribution is 5.88. The Morgan fingerprint density at radius 1 is 1.35 bits per heavy atom. The van der Waals surface area contributed by atoms with Gasteiger partial charge in [0.2, 0.25) is 0 Å². The van der Waals surface area contributed by atoms with Crippen molar-refractivity contribution in [2.45, 2.75) is 18.6 Å². The van der Waals surface area contributed by atoms with E-state index in [-0.39, 0.29) is 29.8 Å². The fourth-order valence-electron chi connectivity index (χ4n) is 1.46. The van der Waals surface area contributed by atoms with Gasteiger partial charge in [-0.05, 0) is 25.1 Å². The van der Waals surface area contributed by atoms with Crippen LogP contribution in [0.15, 0.2) is 18.2 Å². The van der Waals surface area contributed by atoms with Crippen molar-refractivity contribution >= 4 is 5.97 Å². The molecule has 1 aromatic carbocycles. The lowest BCUT2D eigenvalue weighted by molar-refractivity contribution is 0.0137. The number of aliphatic hydroxyl groups excluding tert-OH is 2. The Hall–Kier alpha value is -1.63. The van der Waals surface area contributed by atoms with E-state index in [0.29, 0.717) is 0 Å². The lowest BCUT2D eigenvalue weighted by Crippen LogP contribution is -2.21. The molecule has 0 aliphatic carbocycles. The molecule has 0 saturated carbocycles. The molecule has 1 rings (SSSR count). The van der Waals surface area contributed by atoms with Gasteiger partial charge in [0.25, 0.3) is 0 Å². The Morgan fingerprint density at radius 3 is 2.47 bits per heavy atom. The number of hydrogen-bond donors (Lipinski definition) is 5. The number of benzene rings is 1. The van der Waals surface area contributed by atoms with Gasteiger partial charge < -0.3 is 26.2 Å². The second kappa shape index (κ2) is 5.62. The third-order valence-corrected chi connectivity index (χ3v) is 2.42. The molecule has 6 N–H and O–H groups in total. The predicted octanol–water partition coefficient (Wildman–Crippen LogP) is -0.166. The molecule has 0 aromatic heterocycles. The Balaban J connectivity index is 2.95. The number of phenols is 1. The zero-order chi connectivity index (χ0) is 13.0. The largest absolute Gasteiger partial charge is 0.508 e. The van der Waals surface area contributed by atoms with Gasteiger partial charge in [-0.3, -0.25) is 0 Å². The number of phenolic OH excluding ortho intramolecular Hbond substituents is 1. The smallest absolute Gasteiger partial charge is 0.335 e. The molecule has 0 spiro atoms. The fraction of sp³-hybridized carbons (Fsp3) is 0.364. The van der Waals surface area contributed by atoms with Gasteiger partial charge in [0.15, 0.2) is 0 Å². The van der Waals surface area contributed by atoms with E-state index in [0.717, 1.165) is 6.07 Å². The summed E-state index contributed by atoms with van der Waals surface area (Å²) in [5.74, 6) is -1.54. The van der Waals surface area contributed by atoms with Crippen LogP contribution in [0.2, 0.25) is 0 Å². The predicted molar refractivity (Wildman–Crippen MR) is 59.7 cm³/mol. The molecule has 0 aliphatic rings. The van der Waals surface area contributed by atoms with E-state index in [1.165, 1.54) is 12.1 Å². The van der Waals surface area contributed by atoms with Gasteiger partial charge in [0.1, 0.15) is 11.9 Å². The lowest BCUT2D eigenvalue weighted by atomic mass is 9.99. The first-order chi connectivity index (χ1) is 7.97. The molecule has 2 unspecified atom stereocenters. The summed E-state index contributed by atoms with van der Waals surface area (Å²) < 4.78 is 0. The molecule has 0 bridgehead atoms. The van der Waals surface area contributed by atoms with Crippen LogP contribution in [0.4, 0.5) is 0 Å². The van der Waals surface area contributed by atoms with Crippen molar-refractivity contribution in [2.24, 2.45) is 5.73 Å². The third kappa shape index (κ3) is 3.16. The number of aromatic carboxylic acids is 1. The number of carbonyl (C=O) groups is 1. The van der Waals surface area contributed by atoms with Gasteiger partial charge in [-0.15, -0.1) is 0 Å². The Kier molecular flexibility index (Phi) is 4.45. The Labute approximate surface area is 97.9 Å². The zero-order valence-electron chi connectivity index (χ0n) is 9.08. The number of carboxylic acid groups (broad SMARTS) is 1. The van der Waals surface area contributed by atoms with Crippen molar-refractivity contribution in [1.29, 1.82) is 0 Å². The van der Waals surface area contributed by atoms with Gasteiger partial charge in [-0.25, -0.2) is 4.79 Å². The number of aliphatic hydroxyl groups is 2. The summed E-state index contributed by atoms with van der Waals surface area (Å²) in [6.45, 7) is 0.201. The van der Waals surface area contributed by atoms with Crippen LogP contribution in [0.3, 0.4) is 0 Å². The summed E-state index contributed by atoms with van der Waals surface area (Å²) in [4.78, 5) is 10.6. The van der Waals surface area contributed by atoms with Crippen molar-refractivity contribution in [3.8, 4) is 5.75 Å². The number of nitrogens with two attached hydrogens (primary N) is 1. The average molecular weight is 241 g/mol. The summed E-state index contributed by atoms with van der Waals surface area (Å²) in [5.41, 5.74) is 5.22. The molecule has 0 radical (unpaired) electrons. The second-order valence-electron chi connectivity index (χ2n) is 3.67. The fourth-order valence-corrected chi connectivity index (χ4v) is 1.46. The maximum atomic E-state index is 10.6. The van der Waals surface area contributed by atoms with Crippen molar-refractivity contribution in [1.82, 2.24) is 0 Å². The SMILES string of the molecule is NCCC(O)C(O)c1ccc(C(=O)O)cc1O. The zero-order valence-corrected chi connectivity index (χ0v) is 9.08. The summed E-state index contributed by atoms with van der Waals surface area (Å²) >= 11 is 0. The maximum Gasteiger partial charge on any atom is 0.335 e. The maximum absolute atomic E-state index is 10.6. The highest BCUT2D eigenvalue weighted by atomic mass is 16.4. The summed E-state index contributed by atoms with van der Waals surface area (Å²) in [7, 11) is 0. The van der Waals surface area contributed by atoms with Gasteiger partial charge in [-0.1, -0.05) is 6.07 Å². The Bertz CT molecular complexity index is 407. The van der Waals surface area contributed by atoms with Crippen molar-refractivity contribution < 1.29 is 25.2 Å². The molecule has 17 heavy (non-hydrogen) atoms. The summed E-state index contributed by atoms with van der Waals surface area (Å²) in [5, 5.41) is 37.5. The van der Waals surface area contributed by atoms with Crippen LogP contribution in [0.25, 0.3) is 0 Å². The highest BCUT2D eigenvalue weighted by Gasteiger charge is 2.21. The minimum atomic E-state index is -1.29. The van der Waals surface area contributed by atoms with E-state index in [1.54, 1.807) is 0 Å². The van der Waals surface area contributed by atoms with Crippen molar-refractivity contribution in [2.75, 3.05) is 6.54 Å². The van der Waals surface area contributed by atoms with Crippen molar-refractivity contribution in [3.63, 3.8) is 0 Å². The van der Waals surface area contributed by atoms with Crippen LogP contribution in [-0.2, 0) is 0 Å². The van der Waals surface area contributed by atoms with Crippen LogP contribution < -0.4 is 5.73 Å². The molecule has 2 atom stereocenters. The Morgan fingerprint density at radius 2 is 2.00 bits per heavy atom. The molecule has 6 heteroatoms. The average Bonchev–Trinajstić information content (AvgIpc) is 2.28. The van der Waals surface area contributed by atoms with E-state index in [4.69, 9.17) is 10.8 Å². The normalized spacial score (nSPS) is 14.3. The number of hydrogen-bond acceptors (Lipinski definition) is 5. The number of carboxylic acids is 1. The standard InChI is InChI=1S/C11H15NO5/c12-4-3-8(13)10(15)7-2-1-6(11(16)17)5-9(7)14/h1-2,5,8,10,13-15H,3-4,12H2,(H,16,17). The first-order valence-corrected chi connectivity index (χ1v) is 5.09. The third-order valence-electron chi connectivity index (χ3n) is 2.42. The van der Waals surface area contributed by atoms with Gasteiger partial charge in [0, 0.05) is 5.56 Å². The van der Waals surface area contributed by atoms with E-state index in [1.807, 2.05) is 0 Å². The van der Waals surface area contributed by atoms with Crippen LogP contribution in [0.5, 0.6) is 5.75 Å². The molecule has 0 fully saturated rings. The lowest BCUT2D eigenvalue weighted by Gasteiger charge is -2.18. The van der Waals surface area contributed by atoms with E-state index >= 15 is 0 Å². The molecule has 1 aromatic rings. The quantitative estimate of drug-likeness (QED) is 0.487. The van der Waals surface area contributed by atoms with Gasteiger partial charge >= 0.3 is 5.97 Å². The minimum Gasteiger partial charge on any atom is -0.508 e. The van der Waals surface area contributed by atoms with Crippen LogP contribution in [-0.4, -0.2) is 39.0 Å². The minimum absolute atomic E-state index is 0.0796. The number of aromatic hydroxyl groups is 1. The second-order valence-corrected chi connectivity index (χ2v) is 3.67. The van der Waals surface area contributed by atoms with Crippen LogP contribution in [0, 0.1) is 0 Å². The molecule has 94 valence electrons. The van der Waals surface area contributed by atoms with E-state index < -0.39 is 18.2 Å². The van der Waals surface area contributed by atoms with Crippen LogP contribution in [0.1, 0.15) is 28.4 Å².